The highest BCUT2D eigenvalue weighted by atomic mass is 16.5. The summed E-state index contributed by atoms with van der Waals surface area (Å²) in [6.07, 6.45) is 41.4. The molecule has 0 aliphatic heterocycles. The molecular weight excluding hydrogens is 649 g/mol. The number of carbonyl (C=O) groups is 2. The molecule has 0 heterocycles. The second-order valence-corrected chi connectivity index (χ2v) is 15.7. The number of esters is 1. The Morgan fingerprint density at radius 3 is 1.19 bits per heavy atom. The van der Waals surface area contributed by atoms with Crippen LogP contribution in [0.1, 0.15) is 246 Å². The first kappa shape index (κ1) is 53.1. The van der Waals surface area contributed by atoms with Crippen LogP contribution in [0.5, 0.6) is 0 Å². The van der Waals surface area contributed by atoms with E-state index in [1.54, 1.807) is 0 Å². The smallest absolute Gasteiger partial charge is 0.305 e. The zero-order valence-corrected chi connectivity index (χ0v) is 35.4. The molecule has 2 atom stereocenters. The van der Waals surface area contributed by atoms with E-state index in [0.29, 0.717) is 25.0 Å². The number of unbranched alkanes of at least 4 members (excludes halogenated alkanes) is 28. The Hall–Kier alpha value is -1.02. The summed E-state index contributed by atoms with van der Waals surface area (Å²) >= 11 is 0. The third-order valence-corrected chi connectivity index (χ3v) is 10.4. The molecule has 312 valence electrons. The van der Waals surface area contributed by atoms with Crippen molar-refractivity contribution in [3.63, 3.8) is 0 Å². The molecule has 0 radical (unpaired) electrons. The molecule has 52 heavy (non-hydrogen) atoms. The third-order valence-electron chi connectivity index (χ3n) is 10.4. The fourth-order valence-electron chi connectivity index (χ4n) is 6.75. The van der Waals surface area contributed by atoms with Crippen molar-refractivity contribution in [3.05, 3.63) is 0 Å². The van der Waals surface area contributed by atoms with Crippen LogP contribution in [0.25, 0.3) is 0 Å². The van der Waals surface area contributed by atoms with Crippen molar-refractivity contribution in [2.45, 2.75) is 258 Å². The molecule has 0 spiro atoms. The van der Waals surface area contributed by atoms with E-state index in [2.05, 4.69) is 19.2 Å². The van der Waals surface area contributed by atoms with Gasteiger partial charge in [0.2, 0.25) is 0 Å². The third kappa shape index (κ3) is 41.7. The monoisotopic (exact) mass is 741 g/mol. The van der Waals surface area contributed by atoms with Gasteiger partial charge >= 0.3 is 5.97 Å². The summed E-state index contributed by atoms with van der Waals surface area (Å²) in [5.41, 5.74) is 5.73. The van der Waals surface area contributed by atoms with Crippen LogP contribution in [0, 0.1) is 0 Å². The van der Waals surface area contributed by atoms with E-state index in [1.807, 2.05) is 13.8 Å². The van der Waals surface area contributed by atoms with Crippen LogP contribution < -0.4 is 11.1 Å². The number of aliphatic hydroxyl groups is 2. The number of Topliss-reactive ketones (excluding diaryl/α,β-unsaturated/α-hetero) is 1. The molecule has 0 saturated heterocycles. The normalized spacial score (nSPS) is 13.0. The summed E-state index contributed by atoms with van der Waals surface area (Å²) in [5.74, 6) is 0.0391. The molecule has 0 saturated carbocycles. The Bertz CT molecular complexity index is 737. The first-order chi connectivity index (χ1) is 25.3. The second-order valence-electron chi connectivity index (χ2n) is 15.7. The molecule has 0 aliphatic carbocycles. The van der Waals surface area contributed by atoms with Gasteiger partial charge in [-0.05, 0) is 25.8 Å². The SMILES string of the molecule is CCCCCCCCCCCCCCCCCC(=O)CC(N)(CC)NCC.CCCCCCCCCCCCCCCCCC(=O)OCC(O)CO. The molecule has 0 amide bonds. The molecule has 7 nitrogen and oxygen atoms in total. The van der Waals surface area contributed by atoms with Gasteiger partial charge in [0, 0.05) is 19.3 Å². The number of nitrogens with two attached hydrogens (primary N) is 1. The van der Waals surface area contributed by atoms with Crippen LogP contribution in [0.3, 0.4) is 0 Å². The summed E-state index contributed by atoms with van der Waals surface area (Å²) in [4.78, 5) is 23.5. The topological polar surface area (TPSA) is 122 Å². The Morgan fingerprint density at radius 2 is 0.885 bits per heavy atom. The van der Waals surface area contributed by atoms with Crippen LogP contribution >= 0.6 is 0 Å². The summed E-state index contributed by atoms with van der Waals surface area (Å²) in [5, 5.41) is 21.0. The minimum atomic E-state index is -0.954. The number of carbonyl (C=O) groups excluding carboxylic acids is 2. The van der Waals surface area contributed by atoms with Crippen molar-refractivity contribution >= 4 is 11.8 Å². The van der Waals surface area contributed by atoms with Crippen molar-refractivity contribution in [1.29, 1.82) is 0 Å². The molecule has 0 aromatic heterocycles. The summed E-state index contributed by atoms with van der Waals surface area (Å²) in [6, 6.07) is 0. The molecule has 2 unspecified atom stereocenters. The molecule has 5 N–H and O–H groups in total. The summed E-state index contributed by atoms with van der Waals surface area (Å²) in [6.45, 7) is 8.97. The Labute approximate surface area is 324 Å². The van der Waals surface area contributed by atoms with Gasteiger partial charge in [-0.3, -0.25) is 14.9 Å². The maximum absolute atomic E-state index is 12.1. The van der Waals surface area contributed by atoms with Gasteiger partial charge in [-0.1, -0.05) is 207 Å². The average molecular weight is 741 g/mol. The number of ketones is 1. The van der Waals surface area contributed by atoms with Crippen molar-refractivity contribution in [3.8, 4) is 0 Å². The molecule has 0 aromatic carbocycles. The van der Waals surface area contributed by atoms with Crippen molar-refractivity contribution < 1.29 is 24.5 Å². The number of nitrogens with one attached hydrogen (secondary N) is 1. The number of hydrogen-bond acceptors (Lipinski definition) is 7. The van der Waals surface area contributed by atoms with Gasteiger partial charge in [0.1, 0.15) is 18.5 Å². The maximum Gasteiger partial charge on any atom is 0.305 e. The zero-order chi connectivity index (χ0) is 38.8. The first-order valence-corrected chi connectivity index (χ1v) is 22.8. The Morgan fingerprint density at radius 1 is 0.558 bits per heavy atom. The molecule has 0 fully saturated rings. The number of aliphatic hydroxyl groups excluding tert-OH is 2. The first-order valence-electron chi connectivity index (χ1n) is 22.8. The number of hydrogen-bond donors (Lipinski definition) is 4. The number of ether oxygens (including phenoxy) is 1. The van der Waals surface area contributed by atoms with Gasteiger partial charge < -0.3 is 20.7 Å². The standard InChI is InChI=1S/C24H50N2O.C21H42O4/c1-4-7-8-9-10-11-12-13-14-15-16-17-18-19-20-21-23(27)22-24(25,5-2)26-6-3;1-2-3-4-5-6-7-8-9-10-11-12-13-14-15-16-17-21(24)25-19-20(23)18-22/h26H,4-22,25H2,1-3H3;20,22-23H,2-19H2,1H3. The highest BCUT2D eigenvalue weighted by Crippen LogP contribution is 2.16. The molecule has 0 aromatic rings. The highest BCUT2D eigenvalue weighted by molar-refractivity contribution is 5.79. The van der Waals surface area contributed by atoms with Gasteiger partial charge in [0.15, 0.2) is 0 Å². The van der Waals surface area contributed by atoms with Crippen molar-refractivity contribution in [2.24, 2.45) is 5.73 Å². The Balaban J connectivity index is 0. The second kappa shape index (κ2) is 42.7. The lowest BCUT2D eigenvalue weighted by Crippen LogP contribution is -2.54. The lowest BCUT2D eigenvalue weighted by atomic mass is 9.97. The van der Waals surface area contributed by atoms with Crippen LogP contribution in [-0.4, -0.2) is 53.5 Å². The fourth-order valence-corrected chi connectivity index (χ4v) is 6.75. The van der Waals surface area contributed by atoms with E-state index in [4.69, 9.17) is 20.7 Å². The van der Waals surface area contributed by atoms with Crippen molar-refractivity contribution in [2.75, 3.05) is 19.8 Å². The van der Waals surface area contributed by atoms with Crippen LogP contribution in [-0.2, 0) is 14.3 Å². The minimum Gasteiger partial charge on any atom is -0.463 e. The molecule has 0 bridgehead atoms. The van der Waals surface area contributed by atoms with Gasteiger partial charge in [-0.15, -0.1) is 0 Å². The highest BCUT2D eigenvalue weighted by Gasteiger charge is 2.24. The Kier molecular flexibility index (Phi) is 43.6. The van der Waals surface area contributed by atoms with Crippen LogP contribution in [0.2, 0.25) is 0 Å². The predicted octanol–water partition coefficient (Wildman–Crippen LogP) is 12.0. The molecule has 7 heteroatoms. The van der Waals surface area contributed by atoms with E-state index in [9.17, 15) is 9.59 Å². The maximum atomic E-state index is 12.1. The summed E-state index contributed by atoms with van der Waals surface area (Å²) in [7, 11) is 0. The lowest BCUT2D eigenvalue weighted by molar-refractivity contribution is -0.147. The van der Waals surface area contributed by atoms with E-state index >= 15 is 0 Å². The van der Waals surface area contributed by atoms with Crippen LogP contribution in [0.15, 0.2) is 0 Å². The largest absolute Gasteiger partial charge is 0.463 e. The van der Waals surface area contributed by atoms with E-state index in [1.165, 1.54) is 173 Å². The zero-order valence-electron chi connectivity index (χ0n) is 35.4. The predicted molar refractivity (Wildman–Crippen MR) is 224 cm³/mol. The number of rotatable bonds is 40. The van der Waals surface area contributed by atoms with Gasteiger partial charge in [0.05, 0.1) is 12.3 Å². The van der Waals surface area contributed by atoms with Gasteiger partial charge in [0.25, 0.3) is 0 Å². The molecular formula is C45H92N2O5. The minimum absolute atomic E-state index is 0.103. The van der Waals surface area contributed by atoms with E-state index in [-0.39, 0.29) is 19.2 Å². The summed E-state index contributed by atoms with van der Waals surface area (Å²) < 4.78 is 4.86. The van der Waals surface area contributed by atoms with Gasteiger partial charge in [-0.2, -0.15) is 0 Å². The van der Waals surface area contributed by atoms with Crippen LogP contribution in [0.4, 0.5) is 0 Å². The fraction of sp³-hybridized carbons (Fsp3) is 0.956. The average Bonchev–Trinajstić information content (AvgIpc) is 3.14. The van der Waals surface area contributed by atoms with E-state index in [0.717, 1.165) is 32.2 Å². The van der Waals surface area contributed by atoms with Gasteiger partial charge in [-0.25, -0.2) is 0 Å². The van der Waals surface area contributed by atoms with E-state index < -0.39 is 11.8 Å². The quantitative estimate of drug-likeness (QED) is 0.0280. The molecule has 0 rings (SSSR count). The lowest BCUT2D eigenvalue weighted by Gasteiger charge is -2.28. The van der Waals surface area contributed by atoms with Crippen molar-refractivity contribution in [1.82, 2.24) is 5.32 Å². The molecule has 0 aliphatic rings.